The van der Waals surface area contributed by atoms with E-state index in [-0.39, 0.29) is 23.4 Å². The SMILES string of the molecule is CC[C@H](C(=O)NC1CCCC1)N(Cc1ccc(OC)cc1)C(=O)CN(C)S(=O)(=O)c1ccc2ccccc2c1. The lowest BCUT2D eigenvalue weighted by molar-refractivity contribution is -0.141. The number of ether oxygens (including phenoxy) is 1. The average molecular weight is 552 g/mol. The zero-order valence-electron chi connectivity index (χ0n) is 22.8. The van der Waals surface area contributed by atoms with Gasteiger partial charge in [0.05, 0.1) is 18.6 Å². The molecule has 2 amide bonds. The largest absolute Gasteiger partial charge is 0.497 e. The van der Waals surface area contributed by atoms with Gasteiger partial charge in [0.1, 0.15) is 11.8 Å². The number of hydrogen-bond acceptors (Lipinski definition) is 5. The van der Waals surface area contributed by atoms with Crippen LogP contribution in [0.15, 0.2) is 71.6 Å². The second kappa shape index (κ2) is 12.6. The lowest BCUT2D eigenvalue weighted by Crippen LogP contribution is -2.53. The Balaban J connectivity index is 1.57. The number of sulfonamides is 1. The maximum absolute atomic E-state index is 13.7. The van der Waals surface area contributed by atoms with E-state index in [2.05, 4.69) is 5.32 Å². The van der Waals surface area contributed by atoms with Gasteiger partial charge in [-0.15, -0.1) is 0 Å². The molecule has 0 radical (unpaired) electrons. The van der Waals surface area contributed by atoms with Gasteiger partial charge < -0.3 is 15.0 Å². The Kier molecular flexibility index (Phi) is 9.24. The van der Waals surface area contributed by atoms with Crippen LogP contribution in [0.1, 0.15) is 44.6 Å². The van der Waals surface area contributed by atoms with E-state index in [1.54, 1.807) is 37.4 Å². The van der Waals surface area contributed by atoms with Crippen molar-refractivity contribution in [1.29, 1.82) is 0 Å². The van der Waals surface area contributed by atoms with Gasteiger partial charge in [-0.05, 0) is 59.9 Å². The van der Waals surface area contributed by atoms with Gasteiger partial charge in [0, 0.05) is 19.6 Å². The number of benzene rings is 3. The molecule has 1 aliphatic carbocycles. The van der Waals surface area contributed by atoms with Crippen molar-refractivity contribution in [3.63, 3.8) is 0 Å². The summed E-state index contributed by atoms with van der Waals surface area (Å²) < 4.78 is 33.2. The Morgan fingerprint density at radius 2 is 1.67 bits per heavy atom. The third-order valence-electron chi connectivity index (χ3n) is 7.39. The maximum atomic E-state index is 13.7. The fraction of sp³-hybridized carbons (Fsp3) is 0.400. The quantitative estimate of drug-likeness (QED) is 0.383. The van der Waals surface area contributed by atoms with Crippen molar-refractivity contribution in [3.05, 3.63) is 72.3 Å². The Morgan fingerprint density at radius 1 is 1.00 bits per heavy atom. The zero-order valence-corrected chi connectivity index (χ0v) is 23.6. The van der Waals surface area contributed by atoms with Gasteiger partial charge in [-0.25, -0.2) is 8.42 Å². The highest BCUT2D eigenvalue weighted by Crippen LogP contribution is 2.23. The molecule has 0 bridgehead atoms. The molecule has 39 heavy (non-hydrogen) atoms. The fourth-order valence-electron chi connectivity index (χ4n) is 5.09. The number of fused-ring (bicyclic) bond motifs is 1. The third-order valence-corrected chi connectivity index (χ3v) is 9.19. The number of likely N-dealkylation sites (N-methyl/N-ethyl adjacent to an activating group) is 1. The van der Waals surface area contributed by atoms with Crippen molar-refractivity contribution >= 4 is 32.6 Å². The molecule has 9 heteroatoms. The molecule has 1 atom stereocenters. The van der Waals surface area contributed by atoms with Crippen molar-refractivity contribution in [2.75, 3.05) is 20.7 Å². The second-order valence-electron chi connectivity index (χ2n) is 10.1. The molecular formula is C30H37N3O5S. The predicted molar refractivity (Wildman–Crippen MR) is 152 cm³/mol. The van der Waals surface area contributed by atoms with Crippen LogP contribution in [0.2, 0.25) is 0 Å². The minimum Gasteiger partial charge on any atom is -0.497 e. The molecule has 0 heterocycles. The van der Waals surface area contributed by atoms with E-state index in [1.165, 1.54) is 11.9 Å². The van der Waals surface area contributed by atoms with E-state index in [9.17, 15) is 18.0 Å². The Hall–Kier alpha value is -3.43. The number of carbonyl (C=O) groups excluding carboxylic acids is 2. The van der Waals surface area contributed by atoms with E-state index in [4.69, 9.17) is 4.74 Å². The fourth-order valence-corrected chi connectivity index (χ4v) is 6.24. The number of methoxy groups -OCH3 is 1. The molecule has 3 aromatic rings. The molecule has 0 spiro atoms. The standard InChI is InChI=1S/C30H37N3O5S/c1-4-28(30(35)31-25-11-7-8-12-25)33(20-22-13-16-26(38-3)17-14-22)29(34)21-32(2)39(36,37)27-18-15-23-9-5-6-10-24(23)19-27/h5-6,9-10,13-19,25,28H,4,7-8,11-12,20-21H2,1-3H3,(H,31,35)/t28-/m1/s1. The number of nitrogens with zero attached hydrogens (tertiary/aromatic N) is 2. The predicted octanol–water partition coefficient (Wildman–Crippen LogP) is 4.34. The molecule has 0 aliphatic heterocycles. The molecule has 1 fully saturated rings. The van der Waals surface area contributed by atoms with E-state index < -0.39 is 28.5 Å². The van der Waals surface area contributed by atoms with Crippen LogP contribution in [0.3, 0.4) is 0 Å². The van der Waals surface area contributed by atoms with E-state index >= 15 is 0 Å². The minimum absolute atomic E-state index is 0.112. The van der Waals surface area contributed by atoms with Crippen LogP contribution < -0.4 is 10.1 Å². The normalized spacial score (nSPS) is 14.9. The van der Waals surface area contributed by atoms with Crippen LogP contribution in [-0.4, -0.2) is 62.2 Å². The Labute approximate surface area is 231 Å². The van der Waals surface area contributed by atoms with Gasteiger partial charge >= 0.3 is 0 Å². The smallest absolute Gasteiger partial charge is 0.243 e. The molecule has 3 aromatic carbocycles. The summed E-state index contributed by atoms with van der Waals surface area (Å²) in [5.74, 6) is 0.0428. The minimum atomic E-state index is -3.94. The van der Waals surface area contributed by atoms with Crippen LogP contribution in [0.5, 0.6) is 5.75 Å². The van der Waals surface area contributed by atoms with Crippen molar-refractivity contribution in [1.82, 2.24) is 14.5 Å². The van der Waals surface area contributed by atoms with Crippen molar-refractivity contribution in [3.8, 4) is 5.75 Å². The monoisotopic (exact) mass is 551 g/mol. The third kappa shape index (κ3) is 6.78. The van der Waals surface area contributed by atoms with Crippen LogP contribution in [-0.2, 0) is 26.2 Å². The molecule has 208 valence electrons. The summed E-state index contributed by atoms with van der Waals surface area (Å²) in [7, 11) is -0.967. The average Bonchev–Trinajstić information content (AvgIpc) is 3.45. The molecule has 0 saturated heterocycles. The molecule has 0 aromatic heterocycles. The summed E-state index contributed by atoms with van der Waals surface area (Å²) in [6.45, 7) is 1.64. The number of hydrogen-bond donors (Lipinski definition) is 1. The van der Waals surface area contributed by atoms with Gasteiger partial charge in [-0.2, -0.15) is 4.31 Å². The molecular weight excluding hydrogens is 514 g/mol. The van der Waals surface area contributed by atoms with Gasteiger partial charge in [0.25, 0.3) is 0 Å². The first-order valence-corrected chi connectivity index (χ1v) is 14.8. The second-order valence-corrected chi connectivity index (χ2v) is 12.1. The maximum Gasteiger partial charge on any atom is 0.243 e. The Morgan fingerprint density at radius 3 is 2.31 bits per heavy atom. The molecule has 8 nitrogen and oxygen atoms in total. The molecule has 1 saturated carbocycles. The van der Waals surface area contributed by atoms with E-state index in [0.29, 0.717) is 12.2 Å². The summed E-state index contributed by atoms with van der Waals surface area (Å²) in [5.41, 5.74) is 0.816. The summed E-state index contributed by atoms with van der Waals surface area (Å²) in [6, 6.07) is 19.1. The van der Waals surface area contributed by atoms with Crippen molar-refractivity contribution < 1.29 is 22.7 Å². The highest BCUT2D eigenvalue weighted by atomic mass is 32.2. The highest BCUT2D eigenvalue weighted by molar-refractivity contribution is 7.89. The summed E-state index contributed by atoms with van der Waals surface area (Å²) in [5, 5.41) is 4.84. The number of nitrogens with one attached hydrogen (secondary N) is 1. The summed E-state index contributed by atoms with van der Waals surface area (Å²) in [4.78, 5) is 28.7. The first kappa shape index (κ1) is 28.6. The van der Waals surface area contributed by atoms with E-state index in [1.807, 2.05) is 43.3 Å². The van der Waals surface area contributed by atoms with Gasteiger partial charge in [0.2, 0.25) is 21.8 Å². The summed E-state index contributed by atoms with van der Waals surface area (Å²) >= 11 is 0. The van der Waals surface area contributed by atoms with Gasteiger partial charge in [-0.1, -0.05) is 62.2 Å². The molecule has 1 N–H and O–H groups in total. The molecule has 4 rings (SSSR count). The number of carbonyl (C=O) groups is 2. The first-order valence-electron chi connectivity index (χ1n) is 13.4. The number of amides is 2. The molecule has 1 aliphatic rings. The lowest BCUT2D eigenvalue weighted by atomic mass is 10.1. The topological polar surface area (TPSA) is 96.0 Å². The van der Waals surface area contributed by atoms with Crippen LogP contribution in [0.25, 0.3) is 10.8 Å². The van der Waals surface area contributed by atoms with Crippen molar-refractivity contribution in [2.24, 2.45) is 0 Å². The zero-order chi connectivity index (χ0) is 28.0. The highest BCUT2D eigenvalue weighted by Gasteiger charge is 2.33. The van der Waals surface area contributed by atoms with Gasteiger partial charge in [0.15, 0.2) is 0 Å². The molecule has 0 unspecified atom stereocenters. The number of rotatable bonds is 11. The van der Waals surface area contributed by atoms with Crippen molar-refractivity contribution in [2.45, 2.75) is 62.6 Å². The first-order chi connectivity index (χ1) is 18.7. The lowest BCUT2D eigenvalue weighted by Gasteiger charge is -2.32. The van der Waals surface area contributed by atoms with Crippen LogP contribution >= 0.6 is 0 Å². The Bertz CT molecular complexity index is 1400. The van der Waals surface area contributed by atoms with Crippen LogP contribution in [0, 0.1) is 0 Å². The van der Waals surface area contributed by atoms with Gasteiger partial charge in [-0.3, -0.25) is 9.59 Å². The van der Waals surface area contributed by atoms with Crippen LogP contribution in [0.4, 0.5) is 0 Å². The van der Waals surface area contributed by atoms with E-state index in [0.717, 1.165) is 46.3 Å². The summed E-state index contributed by atoms with van der Waals surface area (Å²) in [6.07, 6.45) is 4.42.